The smallest absolute Gasteiger partial charge is 0.231 e. The number of rotatable bonds is 2. The van der Waals surface area contributed by atoms with E-state index < -0.39 is 0 Å². The Labute approximate surface area is 133 Å². The highest BCUT2D eigenvalue weighted by Gasteiger charge is 2.24. The number of carbonyl (C=O) groups excluding carboxylic acids is 1. The number of halogens is 1. The fourth-order valence-corrected chi connectivity index (χ4v) is 3.05. The molecule has 0 saturated heterocycles. The summed E-state index contributed by atoms with van der Waals surface area (Å²) < 4.78 is 23.7. The Morgan fingerprint density at radius 2 is 1.78 bits per heavy atom. The van der Waals surface area contributed by atoms with Gasteiger partial charge in [0.05, 0.1) is 6.42 Å². The van der Waals surface area contributed by atoms with Crippen LogP contribution < -0.4 is 9.47 Å². The van der Waals surface area contributed by atoms with E-state index in [0.717, 1.165) is 29.0 Å². The summed E-state index contributed by atoms with van der Waals surface area (Å²) in [6.45, 7) is 1.52. The average molecular weight is 313 g/mol. The first-order valence-corrected chi connectivity index (χ1v) is 7.63. The van der Waals surface area contributed by atoms with Gasteiger partial charge in [0.25, 0.3) is 0 Å². The van der Waals surface area contributed by atoms with Crippen molar-refractivity contribution in [2.24, 2.45) is 0 Å². The van der Waals surface area contributed by atoms with E-state index in [1.165, 1.54) is 17.7 Å². The van der Waals surface area contributed by atoms with Crippen molar-refractivity contribution >= 4 is 5.91 Å². The molecule has 0 radical (unpaired) electrons. The molecule has 0 bridgehead atoms. The summed E-state index contributed by atoms with van der Waals surface area (Å²) >= 11 is 0. The minimum atomic E-state index is -0.288. The third-order valence-electron chi connectivity index (χ3n) is 4.33. The van der Waals surface area contributed by atoms with Crippen molar-refractivity contribution in [2.45, 2.75) is 19.4 Å². The minimum absolute atomic E-state index is 0.0555. The molecule has 0 unspecified atom stereocenters. The van der Waals surface area contributed by atoms with Crippen LogP contribution in [0.1, 0.15) is 16.7 Å². The molecule has 0 N–H and O–H groups in total. The van der Waals surface area contributed by atoms with Gasteiger partial charge in [0.15, 0.2) is 11.5 Å². The molecule has 0 spiro atoms. The number of ether oxygens (including phenoxy) is 2. The van der Waals surface area contributed by atoms with Gasteiger partial charge in [-0.15, -0.1) is 0 Å². The maximum absolute atomic E-state index is 12.9. The molecule has 2 aliphatic rings. The van der Waals surface area contributed by atoms with Gasteiger partial charge in [-0.2, -0.15) is 0 Å². The molecule has 23 heavy (non-hydrogen) atoms. The van der Waals surface area contributed by atoms with Crippen LogP contribution in [0.3, 0.4) is 0 Å². The van der Waals surface area contributed by atoms with E-state index >= 15 is 0 Å². The Kier molecular flexibility index (Phi) is 3.41. The number of amides is 1. The molecule has 5 heteroatoms. The van der Waals surface area contributed by atoms with E-state index in [0.29, 0.717) is 19.5 Å². The highest BCUT2D eigenvalue weighted by atomic mass is 19.1. The number of benzene rings is 2. The highest BCUT2D eigenvalue weighted by Crippen LogP contribution is 2.36. The molecule has 4 rings (SSSR count). The van der Waals surface area contributed by atoms with Crippen LogP contribution in [0.15, 0.2) is 36.4 Å². The average Bonchev–Trinajstić information content (AvgIpc) is 3.01. The summed E-state index contributed by atoms with van der Waals surface area (Å²) in [6, 6.07) is 10.1. The van der Waals surface area contributed by atoms with Gasteiger partial charge in [-0.3, -0.25) is 4.79 Å². The van der Waals surface area contributed by atoms with Crippen LogP contribution in [0, 0.1) is 5.82 Å². The van der Waals surface area contributed by atoms with E-state index in [1.807, 2.05) is 17.0 Å². The zero-order chi connectivity index (χ0) is 15.8. The van der Waals surface area contributed by atoms with E-state index in [-0.39, 0.29) is 18.5 Å². The van der Waals surface area contributed by atoms with E-state index in [9.17, 15) is 9.18 Å². The molecule has 0 atom stereocenters. The largest absolute Gasteiger partial charge is 0.454 e. The van der Waals surface area contributed by atoms with Gasteiger partial charge < -0.3 is 14.4 Å². The van der Waals surface area contributed by atoms with Gasteiger partial charge in [-0.25, -0.2) is 4.39 Å². The zero-order valence-corrected chi connectivity index (χ0v) is 12.5. The highest BCUT2D eigenvalue weighted by molar-refractivity contribution is 5.79. The standard InChI is InChI=1S/C18H16FNO3/c19-15-3-1-12(2-4-15)7-18(21)20-6-5-13-8-16-17(23-11-22-16)9-14(13)10-20/h1-4,8-9H,5-7,10-11H2. The fourth-order valence-electron chi connectivity index (χ4n) is 3.05. The predicted octanol–water partition coefficient (Wildman–Crippen LogP) is 2.68. The lowest BCUT2D eigenvalue weighted by molar-refractivity contribution is -0.131. The summed E-state index contributed by atoms with van der Waals surface area (Å²) in [5.74, 6) is 1.30. The summed E-state index contributed by atoms with van der Waals surface area (Å²) in [5.41, 5.74) is 3.14. The molecule has 0 fully saturated rings. The van der Waals surface area contributed by atoms with Gasteiger partial charge in [-0.1, -0.05) is 12.1 Å². The van der Waals surface area contributed by atoms with Crippen molar-refractivity contribution in [1.82, 2.24) is 4.90 Å². The van der Waals surface area contributed by atoms with E-state index in [1.54, 1.807) is 12.1 Å². The third-order valence-corrected chi connectivity index (χ3v) is 4.33. The van der Waals surface area contributed by atoms with Crippen LogP contribution in [0.4, 0.5) is 4.39 Å². The van der Waals surface area contributed by atoms with Crippen molar-refractivity contribution < 1.29 is 18.7 Å². The monoisotopic (exact) mass is 313 g/mol. The Morgan fingerprint density at radius 1 is 1.09 bits per heavy atom. The first kappa shape index (κ1) is 14.1. The topological polar surface area (TPSA) is 38.8 Å². The summed E-state index contributed by atoms with van der Waals surface area (Å²) in [7, 11) is 0. The second-order valence-corrected chi connectivity index (χ2v) is 5.84. The first-order chi connectivity index (χ1) is 11.2. The minimum Gasteiger partial charge on any atom is -0.454 e. The molecule has 118 valence electrons. The van der Waals surface area contributed by atoms with Crippen molar-refractivity contribution in [3.63, 3.8) is 0 Å². The van der Waals surface area contributed by atoms with Crippen LogP contribution in [-0.4, -0.2) is 24.1 Å². The van der Waals surface area contributed by atoms with Crippen LogP contribution >= 0.6 is 0 Å². The molecular formula is C18H16FNO3. The molecular weight excluding hydrogens is 297 g/mol. The number of fused-ring (bicyclic) bond motifs is 2. The van der Waals surface area contributed by atoms with Crippen LogP contribution in [0.2, 0.25) is 0 Å². The zero-order valence-electron chi connectivity index (χ0n) is 12.5. The van der Waals surface area contributed by atoms with Crippen LogP contribution in [0.5, 0.6) is 11.5 Å². The normalized spacial score (nSPS) is 15.4. The molecule has 2 aliphatic heterocycles. The number of nitrogens with zero attached hydrogens (tertiary/aromatic N) is 1. The number of hydrogen-bond acceptors (Lipinski definition) is 3. The first-order valence-electron chi connectivity index (χ1n) is 7.63. The Morgan fingerprint density at radius 3 is 2.52 bits per heavy atom. The second-order valence-electron chi connectivity index (χ2n) is 5.84. The van der Waals surface area contributed by atoms with E-state index in [2.05, 4.69) is 0 Å². The van der Waals surface area contributed by atoms with Gasteiger partial charge in [0, 0.05) is 13.1 Å². The molecule has 4 nitrogen and oxygen atoms in total. The fraction of sp³-hybridized carbons (Fsp3) is 0.278. The molecule has 0 aliphatic carbocycles. The number of hydrogen-bond donors (Lipinski definition) is 0. The molecule has 2 aromatic carbocycles. The van der Waals surface area contributed by atoms with Crippen molar-refractivity contribution in [3.05, 3.63) is 58.9 Å². The van der Waals surface area contributed by atoms with Crippen LogP contribution in [-0.2, 0) is 24.2 Å². The quantitative estimate of drug-likeness (QED) is 0.855. The van der Waals surface area contributed by atoms with E-state index in [4.69, 9.17) is 9.47 Å². The van der Waals surface area contributed by atoms with Crippen LogP contribution in [0.25, 0.3) is 0 Å². The van der Waals surface area contributed by atoms with Gasteiger partial charge in [-0.05, 0) is 47.4 Å². The summed E-state index contributed by atoms with van der Waals surface area (Å²) in [6.07, 6.45) is 1.10. The van der Waals surface area contributed by atoms with Gasteiger partial charge in [0.2, 0.25) is 12.7 Å². The predicted molar refractivity (Wildman–Crippen MR) is 81.8 cm³/mol. The molecule has 2 heterocycles. The summed E-state index contributed by atoms with van der Waals surface area (Å²) in [5, 5.41) is 0. The Balaban J connectivity index is 1.49. The maximum Gasteiger partial charge on any atom is 0.231 e. The van der Waals surface area contributed by atoms with Gasteiger partial charge in [0.1, 0.15) is 5.82 Å². The summed E-state index contributed by atoms with van der Waals surface area (Å²) in [4.78, 5) is 14.3. The maximum atomic E-state index is 12.9. The lowest BCUT2D eigenvalue weighted by atomic mass is 9.98. The molecule has 0 saturated carbocycles. The van der Waals surface area contributed by atoms with Crippen molar-refractivity contribution in [1.29, 1.82) is 0 Å². The molecule has 0 aromatic heterocycles. The second kappa shape index (κ2) is 5.57. The molecule has 1 amide bonds. The third kappa shape index (κ3) is 2.74. The SMILES string of the molecule is O=C(Cc1ccc(F)cc1)N1CCc2cc3c(cc2C1)OCO3. The number of carbonyl (C=O) groups is 1. The Bertz CT molecular complexity index is 758. The van der Waals surface area contributed by atoms with Crippen molar-refractivity contribution in [3.8, 4) is 11.5 Å². The lowest BCUT2D eigenvalue weighted by Gasteiger charge is -2.29. The van der Waals surface area contributed by atoms with Gasteiger partial charge >= 0.3 is 0 Å². The molecule has 2 aromatic rings. The lowest BCUT2D eigenvalue weighted by Crippen LogP contribution is -2.36. The van der Waals surface area contributed by atoms with Crippen molar-refractivity contribution in [2.75, 3.05) is 13.3 Å². The Hall–Kier alpha value is -2.56.